The van der Waals surface area contributed by atoms with Crippen LogP contribution in [0.4, 0.5) is 14.7 Å². The fraction of sp³-hybridized carbons (Fsp3) is 0.571. The summed E-state index contributed by atoms with van der Waals surface area (Å²) in [4.78, 5) is 24.7. The van der Waals surface area contributed by atoms with Crippen molar-refractivity contribution in [2.24, 2.45) is 5.41 Å². The first-order valence-electron chi connectivity index (χ1n) is 14.2. The molecule has 6 atom stereocenters. The highest BCUT2D eigenvalue weighted by atomic mass is 31.2. The highest BCUT2D eigenvalue weighted by molar-refractivity contribution is 7.54. The highest BCUT2D eigenvalue weighted by Gasteiger charge is 2.65. The Balaban J connectivity index is 1.55. The van der Waals surface area contributed by atoms with Gasteiger partial charge in [-0.15, -0.1) is 0 Å². The molecule has 17 heteroatoms. The van der Waals surface area contributed by atoms with Crippen molar-refractivity contribution in [1.82, 2.24) is 24.8 Å². The van der Waals surface area contributed by atoms with Gasteiger partial charge in [0.2, 0.25) is 11.8 Å². The number of nitrogens with two attached hydrogens (primary N) is 1. The average molecular weight is 657 g/mol. The molecule has 14 nitrogen and oxygen atoms in total. The molecule has 3 heterocycles. The fourth-order valence-corrected chi connectivity index (χ4v) is 5.88. The summed E-state index contributed by atoms with van der Waals surface area (Å²) in [5, 5.41) is 13.6. The summed E-state index contributed by atoms with van der Waals surface area (Å²) in [6, 6.07) is 6.96. The van der Waals surface area contributed by atoms with E-state index in [4.69, 9.17) is 29.0 Å². The molecule has 0 amide bonds. The van der Waals surface area contributed by atoms with Gasteiger partial charge in [-0.2, -0.15) is 9.97 Å². The number of benzene rings is 1. The minimum absolute atomic E-state index is 0.0238. The molecule has 0 aliphatic carbocycles. The monoisotopic (exact) mass is 656 g/mol. The molecule has 0 spiro atoms. The van der Waals surface area contributed by atoms with Crippen LogP contribution >= 0.6 is 7.60 Å². The van der Waals surface area contributed by atoms with E-state index < -0.39 is 56.4 Å². The van der Waals surface area contributed by atoms with Gasteiger partial charge < -0.3 is 29.6 Å². The summed E-state index contributed by atoms with van der Waals surface area (Å²) < 4.78 is 74.6. The first kappa shape index (κ1) is 34.4. The second-order valence-corrected chi connectivity index (χ2v) is 14.0. The summed E-state index contributed by atoms with van der Waals surface area (Å²) in [6.07, 6.45) is -3.70. The lowest BCUT2D eigenvalue weighted by Gasteiger charge is -2.27. The van der Waals surface area contributed by atoms with Crippen LogP contribution in [0.3, 0.4) is 0 Å². The molecule has 3 aromatic rings. The molecule has 1 aliphatic heterocycles. The average Bonchev–Trinajstić information content (AvgIpc) is 3.46. The molecule has 1 saturated heterocycles. The number of anilines is 1. The van der Waals surface area contributed by atoms with E-state index in [1.807, 2.05) is 20.8 Å². The molecule has 45 heavy (non-hydrogen) atoms. The Morgan fingerprint density at radius 2 is 1.96 bits per heavy atom. The minimum Gasteiger partial charge on any atom is -0.476 e. The van der Waals surface area contributed by atoms with Crippen molar-refractivity contribution in [2.75, 3.05) is 31.8 Å². The van der Waals surface area contributed by atoms with Gasteiger partial charge in [0, 0.05) is 0 Å². The Hall–Kier alpha value is -3.43. The predicted octanol–water partition coefficient (Wildman–Crippen LogP) is 3.90. The largest absolute Gasteiger partial charge is 0.476 e. The molecule has 0 radical (unpaired) electrons. The number of imidazole rings is 1. The summed E-state index contributed by atoms with van der Waals surface area (Å²) in [5.41, 5.74) is 2.81. The second kappa shape index (κ2) is 13.1. The number of nitrogens with zero attached hydrogens (tertiary/aromatic N) is 4. The Morgan fingerprint density at radius 3 is 2.60 bits per heavy atom. The Morgan fingerprint density at radius 1 is 1.27 bits per heavy atom. The van der Waals surface area contributed by atoms with Crippen LogP contribution in [0.5, 0.6) is 11.6 Å². The zero-order valence-electron chi connectivity index (χ0n) is 25.9. The normalized spacial score (nSPS) is 25.5. The summed E-state index contributed by atoms with van der Waals surface area (Å²) in [5.74, 6) is -3.92. The lowest BCUT2D eigenvalue weighted by atomic mass is 9.97. The minimum atomic E-state index is -4.33. The van der Waals surface area contributed by atoms with Crippen molar-refractivity contribution in [3.8, 4) is 11.6 Å². The number of halogens is 2. The van der Waals surface area contributed by atoms with Crippen LogP contribution in [0, 0.1) is 5.41 Å². The Bertz CT molecular complexity index is 1540. The van der Waals surface area contributed by atoms with E-state index in [1.54, 1.807) is 25.1 Å². The summed E-state index contributed by atoms with van der Waals surface area (Å²) in [7, 11) is -4.33. The highest BCUT2D eigenvalue weighted by Crippen LogP contribution is 2.53. The first-order valence-corrected chi connectivity index (χ1v) is 16.0. The third-order valence-corrected chi connectivity index (χ3v) is 8.29. The number of esters is 1. The molecule has 2 aromatic heterocycles. The van der Waals surface area contributed by atoms with Gasteiger partial charge in [0.05, 0.1) is 19.5 Å². The number of para-hydroxylation sites is 1. The Kier molecular flexibility index (Phi) is 10.0. The van der Waals surface area contributed by atoms with E-state index in [2.05, 4.69) is 20.3 Å². The van der Waals surface area contributed by atoms with E-state index in [-0.39, 0.29) is 47.4 Å². The first-order chi connectivity index (χ1) is 21.0. The molecule has 248 valence electrons. The number of carbonyl (C=O) groups excluding carboxylic acids is 1. The number of hydrogen-bond donors (Lipinski definition) is 3. The molecular formula is C28H39F2N6O8P. The molecule has 1 unspecified atom stereocenters. The van der Waals surface area contributed by atoms with Crippen LogP contribution in [0.15, 0.2) is 36.7 Å². The van der Waals surface area contributed by atoms with Crippen LogP contribution in [0.2, 0.25) is 0 Å². The maximum absolute atomic E-state index is 16.3. The van der Waals surface area contributed by atoms with Gasteiger partial charge in [-0.1, -0.05) is 39.0 Å². The van der Waals surface area contributed by atoms with Gasteiger partial charge in [0.1, 0.15) is 24.7 Å². The van der Waals surface area contributed by atoms with E-state index in [0.717, 1.165) is 17.8 Å². The number of nitrogens with one attached hydrogen (secondary N) is 1. The number of rotatable bonds is 13. The number of alkyl halides is 2. The maximum atomic E-state index is 16.3. The second-order valence-electron chi connectivity index (χ2n) is 12.0. The van der Waals surface area contributed by atoms with Gasteiger partial charge in [-0.25, -0.2) is 18.3 Å². The molecular weight excluding hydrogens is 617 g/mol. The molecule has 0 saturated carbocycles. The SMILES string of the molecule is CCOc1nc(N)nc2c1ncn2[C@@H]1O[C@](F)(COP(=O)(CN[C@@H](C)C(=O)OCC(C)(C)C)Oc2ccccc2)[C@@H](O)[C@@]1(C)F. The number of aromatic nitrogens is 4. The van der Waals surface area contributed by atoms with E-state index in [1.165, 1.54) is 19.1 Å². The zero-order valence-corrected chi connectivity index (χ0v) is 26.8. The Labute approximate surface area is 259 Å². The van der Waals surface area contributed by atoms with Crippen molar-refractivity contribution >= 4 is 30.7 Å². The van der Waals surface area contributed by atoms with Crippen LogP contribution in [0.1, 0.15) is 47.8 Å². The summed E-state index contributed by atoms with van der Waals surface area (Å²) in [6.45, 7) is 8.95. The van der Waals surface area contributed by atoms with Crippen molar-refractivity contribution in [2.45, 2.75) is 71.4 Å². The van der Waals surface area contributed by atoms with Crippen molar-refractivity contribution in [3.63, 3.8) is 0 Å². The molecule has 1 aliphatic rings. The van der Waals surface area contributed by atoms with Gasteiger partial charge >= 0.3 is 13.6 Å². The van der Waals surface area contributed by atoms with Gasteiger partial charge in [-0.05, 0) is 38.3 Å². The predicted molar refractivity (Wildman–Crippen MR) is 159 cm³/mol. The topological polar surface area (TPSA) is 182 Å². The van der Waals surface area contributed by atoms with E-state index >= 15 is 8.78 Å². The number of nitrogen functional groups attached to an aromatic ring is 1. The number of hydrogen-bond acceptors (Lipinski definition) is 13. The molecule has 4 N–H and O–H groups in total. The van der Waals surface area contributed by atoms with E-state index in [0.29, 0.717) is 0 Å². The fourth-order valence-electron chi connectivity index (χ4n) is 4.36. The van der Waals surface area contributed by atoms with Gasteiger partial charge in [-0.3, -0.25) is 19.2 Å². The van der Waals surface area contributed by atoms with Crippen LogP contribution in [-0.2, 0) is 23.4 Å². The lowest BCUT2D eigenvalue weighted by molar-refractivity contribution is -0.202. The number of aliphatic hydroxyl groups is 1. The number of aliphatic hydroxyl groups excluding tert-OH is 1. The lowest BCUT2D eigenvalue weighted by Crippen LogP contribution is -2.47. The number of carbonyl (C=O) groups is 1. The summed E-state index contributed by atoms with van der Waals surface area (Å²) >= 11 is 0. The van der Waals surface area contributed by atoms with Crippen LogP contribution in [-0.4, -0.2) is 80.4 Å². The zero-order chi connectivity index (χ0) is 33.2. The quantitative estimate of drug-likeness (QED) is 0.178. The standard InChI is InChI=1S/C28H39F2N6O8P/c1-7-40-21-19-20(34-25(31)35-21)36(15-32-19)24-27(6,29)23(38)28(30,43-24)14-42-45(39,44-18-11-9-8-10-12-18)16-33-17(2)22(37)41-13-26(3,4)5/h8-12,15,17,23-24,33,38H,7,13-14,16H2,1-6H3,(H2,31,34,35)/t17-,23-,24+,27+,28+,45?/m0/s1. The molecule has 4 rings (SSSR count). The smallest absolute Gasteiger partial charge is 0.393 e. The van der Waals surface area contributed by atoms with Crippen molar-refractivity contribution in [1.29, 1.82) is 0 Å². The third kappa shape index (κ3) is 7.87. The molecule has 1 fully saturated rings. The number of fused-ring (bicyclic) bond motifs is 1. The van der Waals surface area contributed by atoms with Crippen LogP contribution < -0.4 is 20.3 Å². The molecule has 0 bridgehead atoms. The van der Waals surface area contributed by atoms with Gasteiger partial charge in [0.15, 0.2) is 29.2 Å². The number of ether oxygens (including phenoxy) is 3. The van der Waals surface area contributed by atoms with E-state index in [9.17, 15) is 14.5 Å². The van der Waals surface area contributed by atoms with Crippen molar-refractivity contribution < 1.29 is 46.5 Å². The van der Waals surface area contributed by atoms with Crippen LogP contribution in [0.25, 0.3) is 11.2 Å². The molecule has 1 aromatic carbocycles. The van der Waals surface area contributed by atoms with Gasteiger partial charge in [0.25, 0.3) is 5.85 Å². The van der Waals surface area contributed by atoms with Crippen molar-refractivity contribution in [3.05, 3.63) is 36.7 Å². The maximum Gasteiger partial charge on any atom is 0.393 e. The third-order valence-electron chi connectivity index (χ3n) is 6.71.